The molecule has 12 amide bonds. The number of halogens is 6. The number of hydrogen-bond acceptors (Lipinski definition) is 14. The number of alkyl halides is 6. The van der Waals surface area contributed by atoms with Crippen LogP contribution >= 0.6 is 11.6 Å². The molecule has 3 aliphatic heterocycles. The Balaban J connectivity index is 1.47. The highest BCUT2D eigenvalue weighted by Crippen LogP contribution is 2.44. The molecule has 3 aliphatic carbocycles. The van der Waals surface area contributed by atoms with Crippen molar-refractivity contribution in [3.63, 3.8) is 0 Å². The summed E-state index contributed by atoms with van der Waals surface area (Å²) < 4.78 is 77.2. The number of nitrogens with zero attached hydrogens (tertiary/aromatic N) is 10. The zero-order chi connectivity index (χ0) is 79.1. The van der Waals surface area contributed by atoms with Crippen LogP contribution in [0.5, 0.6) is 0 Å². The first-order chi connectivity index (χ1) is 49.7. The molecular formula is C74H121ClF5N13O13. The average molecular weight is 1530 g/mol. The lowest BCUT2D eigenvalue weighted by Crippen LogP contribution is -2.65. The summed E-state index contributed by atoms with van der Waals surface area (Å²) >= 11 is 6.41. The Morgan fingerprint density at radius 1 is 0.642 bits per heavy atom. The fourth-order valence-electron chi connectivity index (χ4n) is 16.0. The van der Waals surface area contributed by atoms with Crippen LogP contribution in [0.2, 0.25) is 0 Å². The van der Waals surface area contributed by atoms with E-state index in [0.717, 1.165) is 46.8 Å². The van der Waals surface area contributed by atoms with E-state index in [0.29, 0.717) is 38.5 Å². The fraction of sp³-hybridized carbons (Fsp3) is 0.838. The van der Waals surface area contributed by atoms with Gasteiger partial charge in [-0.15, -0.1) is 11.6 Å². The number of fused-ring (bicyclic) bond motifs is 1. The van der Waals surface area contributed by atoms with Gasteiger partial charge in [0.2, 0.25) is 70.9 Å². The molecule has 32 heteroatoms. The van der Waals surface area contributed by atoms with Crippen LogP contribution in [-0.4, -0.2) is 307 Å². The van der Waals surface area contributed by atoms with E-state index < -0.39 is 205 Å². The molecule has 3 saturated carbocycles. The van der Waals surface area contributed by atoms with Gasteiger partial charge in [0.1, 0.15) is 60.4 Å². The summed E-state index contributed by atoms with van der Waals surface area (Å²) in [6, 6.07) is -13.5. The lowest BCUT2D eigenvalue weighted by atomic mass is 9.78. The van der Waals surface area contributed by atoms with Gasteiger partial charge < -0.3 is 64.8 Å². The summed E-state index contributed by atoms with van der Waals surface area (Å²) in [5.41, 5.74) is 0. The molecule has 0 aromatic rings. The summed E-state index contributed by atoms with van der Waals surface area (Å²) in [4.78, 5) is 192. The standard InChI is InChI=1S/C74H121ClF5N13O13/c1-16-35-106-41-53-67(100)91(15)62(49-25-21-22-26-49)72(105)90(14)58(68(101)84(7)8)39-60(95)87(11)56(36-44(3)4)64(97)83-61(45(5)17-2)71(104)86(10)46(6)65(98)93-34-32-55(93)70(103)89(13)57(38-47-23-19-18-20-24-47)69(102)85(9)40-59(94)81-52(30-28-48-27-29-50(51(75)37-48)74(78,79)80)66(99)88(12)54(63(96)82-53)31-33-92-42-73(76,77)43-92/h44-58,61-62H,16-43H2,1-15H3,(H,81,94)(H,82,96)(H,83,97)/t45-,46-,48?,50?,51?,52-,53-,54-,55-,56-,57-,58-,61-,62-/m0/s1. The van der Waals surface area contributed by atoms with E-state index in [1.54, 1.807) is 13.8 Å². The third kappa shape index (κ3) is 22.8. The molecule has 14 atom stereocenters. The molecule has 602 valence electrons. The largest absolute Gasteiger partial charge is 0.393 e. The molecule has 0 radical (unpaired) electrons. The molecule has 6 fully saturated rings. The van der Waals surface area contributed by atoms with Crippen molar-refractivity contribution in [3.05, 3.63) is 0 Å². The molecule has 3 saturated heterocycles. The minimum absolute atomic E-state index is 0.0197. The monoisotopic (exact) mass is 1530 g/mol. The summed E-state index contributed by atoms with van der Waals surface area (Å²) in [5, 5.41) is 7.10. The second-order valence-corrected chi connectivity index (χ2v) is 32.3. The van der Waals surface area contributed by atoms with Crippen LogP contribution in [0.25, 0.3) is 0 Å². The number of ether oxygens (including phenoxy) is 1. The zero-order valence-corrected chi connectivity index (χ0v) is 65.9. The van der Waals surface area contributed by atoms with E-state index in [-0.39, 0.29) is 89.3 Å². The highest BCUT2D eigenvalue weighted by atomic mass is 35.5. The predicted octanol–water partition coefficient (Wildman–Crippen LogP) is 5.36. The Morgan fingerprint density at radius 2 is 1.25 bits per heavy atom. The zero-order valence-electron chi connectivity index (χ0n) is 65.2. The van der Waals surface area contributed by atoms with Crippen molar-refractivity contribution in [2.45, 2.75) is 254 Å². The van der Waals surface area contributed by atoms with E-state index >= 15 is 24.0 Å². The van der Waals surface area contributed by atoms with E-state index in [1.165, 1.54) is 105 Å². The van der Waals surface area contributed by atoms with Crippen LogP contribution in [0.4, 0.5) is 22.0 Å². The third-order valence-corrected chi connectivity index (χ3v) is 23.7. The molecule has 3 heterocycles. The molecule has 26 nitrogen and oxygen atoms in total. The Hall–Kier alpha value is -6.50. The van der Waals surface area contributed by atoms with Gasteiger partial charge in [0.05, 0.1) is 38.6 Å². The predicted molar refractivity (Wildman–Crippen MR) is 387 cm³/mol. The second kappa shape index (κ2) is 39.2. The molecule has 0 bridgehead atoms. The van der Waals surface area contributed by atoms with Crippen LogP contribution in [0, 0.1) is 35.5 Å². The fourth-order valence-corrected chi connectivity index (χ4v) is 16.5. The Morgan fingerprint density at radius 3 is 1.80 bits per heavy atom. The van der Waals surface area contributed by atoms with Gasteiger partial charge in [-0.2, -0.15) is 13.2 Å². The van der Waals surface area contributed by atoms with Gasteiger partial charge in [-0.25, -0.2) is 8.78 Å². The molecule has 0 aromatic carbocycles. The summed E-state index contributed by atoms with van der Waals surface area (Å²) in [6.07, 6.45) is 1.70. The van der Waals surface area contributed by atoms with Gasteiger partial charge in [-0.05, 0) is 114 Å². The first-order valence-corrected chi connectivity index (χ1v) is 38.7. The Labute approximate surface area is 628 Å². The van der Waals surface area contributed by atoms with E-state index in [9.17, 15) is 55.5 Å². The molecule has 106 heavy (non-hydrogen) atoms. The highest BCUT2D eigenvalue weighted by molar-refractivity contribution is 6.21. The highest BCUT2D eigenvalue weighted by Gasteiger charge is 2.51. The maximum absolute atomic E-state index is 15.6. The normalized spacial score (nSPS) is 30.3. The van der Waals surface area contributed by atoms with Gasteiger partial charge in [0.15, 0.2) is 0 Å². The molecule has 0 spiro atoms. The van der Waals surface area contributed by atoms with E-state index in [1.807, 2.05) is 20.8 Å². The molecule has 0 aromatic heterocycles. The van der Waals surface area contributed by atoms with Gasteiger partial charge in [0, 0.05) is 88.5 Å². The van der Waals surface area contributed by atoms with Crippen molar-refractivity contribution in [3.8, 4) is 0 Å². The lowest BCUT2D eigenvalue weighted by Gasteiger charge is -2.45. The van der Waals surface area contributed by atoms with Gasteiger partial charge in [0.25, 0.3) is 5.92 Å². The number of likely N-dealkylation sites (N-methyl/N-ethyl adjacent to an activating group) is 8. The lowest BCUT2D eigenvalue weighted by molar-refractivity contribution is -0.182. The Kier molecular flexibility index (Phi) is 32.7. The first-order valence-electron chi connectivity index (χ1n) is 38.3. The van der Waals surface area contributed by atoms with Crippen molar-refractivity contribution in [2.24, 2.45) is 35.5 Å². The number of carbonyl (C=O) groups is 12. The van der Waals surface area contributed by atoms with Gasteiger partial charge in [-0.3, -0.25) is 62.4 Å². The SMILES string of the molecule is CCCOC[C@@H]1NC(=O)[C@H](CCN2CC(F)(F)C2)N(C)C(=O)[C@H](CCC2CCC(C(F)(F)F)C(Cl)C2)NC(=O)CN(C)C(=O)[C@H](CC2CCCCC2)N(C)C(=O)[C@@H]2CCN2C(=O)[C@H](C)N(C)C(=O)[C@H]([C@@H](C)CC)NC(=O)[C@H](CC(C)C)N(C)C(=O)C[C@@H](C(=O)N(C)C)N(C)C(=O)[C@H](C2CCCC2)N(C)C1=O. The number of hydrogen-bond donors (Lipinski definition) is 3. The average Bonchev–Trinajstić information content (AvgIpc) is 0.858. The van der Waals surface area contributed by atoms with Gasteiger partial charge >= 0.3 is 6.18 Å². The van der Waals surface area contributed by atoms with Crippen LogP contribution in [0.3, 0.4) is 0 Å². The quantitative estimate of drug-likeness (QED) is 0.0885. The number of rotatable bonds is 18. The molecule has 3 unspecified atom stereocenters. The summed E-state index contributed by atoms with van der Waals surface area (Å²) in [5.74, 6) is -15.5. The topological polar surface area (TPSA) is 283 Å². The molecular weight excluding hydrogens is 1410 g/mol. The number of nitrogens with one attached hydrogen (secondary N) is 3. The number of carbonyl (C=O) groups excluding carboxylic acids is 12. The number of likely N-dealkylation sites (tertiary alicyclic amines) is 1. The number of amides is 12. The maximum atomic E-state index is 15.6. The third-order valence-electron chi connectivity index (χ3n) is 23.2. The minimum atomic E-state index is -4.57. The van der Waals surface area contributed by atoms with Crippen molar-refractivity contribution < 1.29 is 84.2 Å². The second-order valence-electron chi connectivity index (χ2n) is 31.7. The minimum Gasteiger partial charge on any atom is -0.379 e. The van der Waals surface area contributed by atoms with Crippen LogP contribution in [-0.2, 0) is 62.3 Å². The van der Waals surface area contributed by atoms with Crippen molar-refractivity contribution in [1.29, 1.82) is 0 Å². The van der Waals surface area contributed by atoms with Crippen molar-refractivity contribution in [1.82, 2.24) is 64.9 Å². The van der Waals surface area contributed by atoms with Crippen molar-refractivity contribution in [2.75, 3.05) is 109 Å². The van der Waals surface area contributed by atoms with Crippen molar-refractivity contribution >= 4 is 82.5 Å². The van der Waals surface area contributed by atoms with E-state index in [4.69, 9.17) is 16.3 Å². The van der Waals surface area contributed by atoms with Crippen LogP contribution in [0.1, 0.15) is 176 Å². The molecule has 6 rings (SSSR count). The van der Waals surface area contributed by atoms with Crippen LogP contribution in [0.15, 0.2) is 0 Å². The molecule has 3 N–H and O–H groups in total. The van der Waals surface area contributed by atoms with Gasteiger partial charge in [-0.1, -0.05) is 86.0 Å². The summed E-state index contributed by atoms with van der Waals surface area (Å²) in [6.45, 7) is 8.07. The Bertz CT molecular complexity index is 3060. The smallest absolute Gasteiger partial charge is 0.379 e. The summed E-state index contributed by atoms with van der Waals surface area (Å²) in [7, 11) is 12.4. The van der Waals surface area contributed by atoms with Crippen LogP contribution < -0.4 is 16.0 Å². The maximum Gasteiger partial charge on any atom is 0.393 e. The van der Waals surface area contributed by atoms with E-state index in [2.05, 4.69) is 16.0 Å². The molecule has 6 aliphatic rings. The first kappa shape index (κ1) is 88.4.